The van der Waals surface area contributed by atoms with E-state index in [2.05, 4.69) is 16.0 Å². The largest absolute Gasteiger partial charge is 0.480 e. The van der Waals surface area contributed by atoms with E-state index in [0.717, 1.165) is 16.7 Å². The fourth-order valence-corrected chi connectivity index (χ4v) is 6.03. The van der Waals surface area contributed by atoms with Crippen LogP contribution in [0.4, 0.5) is 0 Å². The Morgan fingerprint density at radius 3 is 2.14 bits per heavy atom. The third-order valence-corrected chi connectivity index (χ3v) is 8.24. The van der Waals surface area contributed by atoms with Gasteiger partial charge in [0.15, 0.2) is 0 Å². The van der Waals surface area contributed by atoms with E-state index in [1.807, 2.05) is 84.9 Å². The minimum absolute atomic E-state index is 0.0368. The number of likely N-dealkylation sites (tertiary alicyclic amines) is 1. The molecule has 3 aromatic carbocycles. The summed E-state index contributed by atoms with van der Waals surface area (Å²) >= 11 is 0. The Kier molecular flexibility index (Phi) is 9.84. The molecular weight excluding hydrogens is 544 g/mol. The Morgan fingerprint density at radius 2 is 1.47 bits per heavy atom. The molecule has 3 aromatic rings. The Hall–Kier alpha value is -4.50. The zero-order valence-corrected chi connectivity index (χ0v) is 24.1. The summed E-state index contributed by atoms with van der Waals surface area (Å²) in [6.45, 7) is 0.927. The molecule has 5 rings (SSSR count). The molecule has 0 radical (unpaired) electrons. The summed E-state index contributed by atoms with van der Waals surface area (Å²) in [6.07, 6.45) is 2.17. The van der Waals surface area contributed by atoms with Crippen molar-refractivity contribution in [2.24, 2.45) is 0 Å². The highest BCUT2D eigenvalue weighted by molar-refractivity contribution is 5.91. The van der Waals surface area contributed by atoms with Crippen molar-refractivity contribution in [1.29, 1.82) is 0 Å². The molecule has 0 spiro atoms. The number of carboxylic acids is 1. The molecule has 43 heavy (non-hydrogen) atoms. The summed E-state index contributed by atoms with van der Waals surface area (Å²) in [6, 6.07) is 24.2. The van der Waals surface area contributed by atoms with Crippen LogP contribution in [0.15, 0.2) is 84.9 Å². The maximum Gasteiger partial charge on any atom is 0.326 e. The molecule has 4 N–H and O–H groups in total. The van der Waals surface area contributed by atoms with Gasteiger partial charge in [0.25, 0.3) is 0 Å². The predicted octanol–water partition coefficient (Wildman–Crippen LogP) is 2.62. The second-order valence-corrected chi connectivity index (χ2v) is 11.3. The van der Waals surface area contributed by atoms with E-state index < -0.39 is 36.0 Å². The standard InChI is InChI=1S/C34H38N4O5/c39-31(37-29(19-24-12-5-2-6-13-24)33(41)38-17-9-16-30(38)34(42)43)21-27(18-23-10-3-1-4-11-23)36-32(40)28-20-25-14-7-8-15-26(25)22-35-28/h1-8,10-15,27-30,35H,9,16-22H2,(H,36,40)(H,37,39)(H,42,43). The molecule has 4 atom stereocenters. The van der Waals surface area contributed by atoms with Crippen molar-refractivity contribution in [2.45, 2.75) is 69.2 Å². The van der Waals surface area contributed by atoms with Gasteiger partial charge in [-0.3, -0.25) is 14.4 Å². The molecule has 0 bridgehead atoms. The molecule has 0 aromatic heterocycles. The molecule has 9 heteroatoms. The number of benzene rings is 3. The van der Waals surface area contributed by atoms with Gasteiger partial charge in [0, 0.05) is 32.0 Å². The molecule has 2 aliphatic heterocycles. The third-order valence-electron chi connectivity index (χ3n) is 8.24. The number of carbonyl (C=O) groups is 4. The first-order valence-electron chi connectivity index (χ1n) is 14.9. The molecule has 2 aliphatic rings. The lowest BCUT2D eigenvalue weighted by Gasteiger charge is -2.29. The van der Waals surface area contributed by atoms with E-state index in [9.17, 15) is 24.3 Å². The third kappa shape index (κ3) is 7.87. The number of aliphatic carboxylic acids is 1. The van der Waals surface area contributed by atoms with Crippen molar-refractivity contribution in [3.63, 3.8) is 0 Å². The quantitative estimate of drug-likeness (QED) is 0.275. The van der Waals surface area contributed by atoms with Crippen LogP contribution in [-0.2, 0) is 45.0 Å². The lowest BCUT2D eigenvalue weighted by atomic mass is 9.95. The number of amides is 3. The lowest BCUT2D eigenvalue weighted by Crippen LogP contribution is -2.54. The van der Waals surface area contributed by atoms with Gasteiger partial charge in [-0.25, -0.2) is 4.79 Å². The van der Waals surface area contributed by atoms with Crippen molar-refractivity contribution in [1.82, 2.24) is 20.9 Å². The van der Waals surface area contributed by atoms with Gasteiger partial charge in [-0.05, 0) is 47.9 Å². The van der Waals surface area contributed by atoms with E-state index in [4.69, 9.17) is 0 Å². The Morgan fingerprint density at radius 1 is 0.837 bits per heavy atom. The van der Waals surface area contributed by atoms with Gasteiger partial charge in [-0.1, -0.05) is 84.9 Å². The van der Waals surface area contributed by atoms with Gasteiger partial charge >= 0.3 is 5.97 Å². The second kappa shape index (κ2) is 14.1. The maximum absolute atomic E-state index is 13.6. The normalized spacial score (nSPS) is 19.1. The topological polar surface area (TPSA) is 128 Å². The number of rotatable bonds is 11. The molecule has 1 saturated heterocycles. The van der Waals surface area contributed by atoms with Gasteiger partial charge in [0.05, 0.1) is 6.04 Å². The SMILES string of the molecule is O=C(CC(Cc1ccccc1)NC(=O)C1Cc2ccccc2CN1)NC(Cc1ccccc1)C(=O)N1CCCC1C(=O)O. The monoisotopic (exact) mass is 582 g/mol. The van der Waals surface area contributed by atoms with Crippen molar-refractivity contribution >= 4 is 23.7 Å². The van der Waals surface area contributed by atoms with Crippen LogP contribution in [0.1, 0.15) is 41.5 Å². The zero-order chi connectivity index (χ0) is 30.2. The summed E-state index contributed by atoms with van der Waals surface area (Å²) in [5, 5.41) is 19.0. The van der Waals surface area contributed by atoms with Crippen LogP contribution in [0.5, 0.6) is 0 Å². The first-order chi connectivity index (χ1) is 20.9. The summed E-state index contributed by atoms with van der Waals surface area (Å²) in [5.41, 5.74) is 4.12. The van der Waals surface area contributed by atoms with Gasteiger partial charge < -0.3 is 26.0 Å². The highest BCUT2D eigenvalue weighted by Crippen LogP contribution is 2.20. The average molecular weight is 583 g/mol. The van der Waals surface area contributed by atoms with Crippen molar-refractivity contribution in [2.75, 3.05) is 6.54 Å². The maximum atomic E-state index is 13.6. The second-order valence-electron chi connectivity index (χ2n) is 11.3. The lowest BCUT2D eigenvalue weighted by molar-refractivity contribution is -0.149. The minimum atomic E-state index is -1.04. The minimum Gasteiger partial charge on any atom is -0.480 e. The van der Waals surface area contributed by atoms with Crippen LogP contribution in [0.2, 0.25) is 0 Å². The van der Waals surface area contributed by atoms with Gasteiger partial charge in [-0.15, -0.1) is 0 Å². The van der Waals surface area contributed by atoms with Crippen LogP contribution >= 0.6 is 0 Å². The van der Waals surface area contributed by atoms with E-state index in [1.165, 1.54) is 10.5 Å². The fourth-order valence-electron chi connectivity index (χ4n) is 6.03. The van der Waals surface area contributed by atoms with Gasteiger partial charge in [-0.2, -0.15) is 0 Å². The van der Waals surface area contributed by atoms with Crippen LogP contribution in [0.3, 0.4) is 0 Å². The number of nitrogens with zero attached hydrogens (tertiary/aromatic N) is 1. The zero-order valence-electron chi connectivity index (χ0n) is 24.1. The van der Waals surface area contributed by atoms with Crippen molar-refractivity contribution < 1.29 is 24.3 Å². The molecular formula is C34H38N4O5. The summed E-state index contributed by atoms with van der Waals surface area (Å²) < 4.78 is 0. The molecule has 4 unspecified atom stereocenters. The molecule has 9 nitrogen and oxygen atoms in total. The first-order valence-corrected chi connectivity index (χ1v) is 14.9. The van der Waals surface area contributed by atoms with Crippen LogP contribution in [0.25, 0.3) is 0 Å². The van der Waals surface area contributed by atoms with E-state index >= 15 is 0 Å². The smallest absolute Gasteiger partial charge is 0.326 e. The number of fused-ring (bicyclic) bond motifs is 1. The number of carboxylic acid groups (broad SMARTS) is 1. The predicted molar refractivity (Wildman–Crippen MR) is 162 cm³/mol. The number of nitrogens with one attached hydrogen (secondary N) is 3. The molecule has 224 valence electrons. The molecule has 2 heterocycles. The molecule has 0 saturated carbocycles. The first kappa shape index (κ1) is 30.0. The van der Waals surface area contributed by atoms with Crippen molar-refractivity contribution in [3.8, 4) is 0 Å². The van der Waals surface area contributed by atoms with Crippen LogP contribution in [0, 0.1) is 0 Å². The molecule has 1 fully saturated rings. The van der Waals surface area contributed by atoms with E-state index in [0.29, 0.717) is 38.8 Å². The van der Waals surface area contributed by atoms with E-state index in [-0.39, 0.29) is 24.7 Å². The highest BCUT2D eigenvalue weighted by Gasteiger charge is 2.38. The number of carbonyl (C=O) groups excluding carboxylic acids is 3. The Bertz CT molecular complexity index is 1430. The summed E-state index contributed by atoms with van der Waals surface area (Å²) in [5.74, 6) is -2.01. The summed E-state index contributed by atoms with van der Waals surface area (Å²) in [4.78, 5) is 53.8. The highest BCUT2D eigenvalue weighted by atomic mass is 16.4. The van der Waals surface area contributed by atoms with E-state index in [1.54, 1.807) is 0 Å². The molecule has 0 aliphatic carbocycles. The Labute approximate surface area is 251 Å². The van der Waals surface area contributed by atoms with Crippen LogP contribution < -0.4 is 16.0 Å². The molecule has 3 amide bonds. The summed E-state index contributed by atoms with van der Waals surface area (Å²) in [7, 11) is 0. The van der Waals surface area contributed by atoms with Crippen molar-refractivity contribution in [3.05, 3.63) is 107 Å². The fraction of sp³-hybridized carbons (Fsp3) is 0.353. The van der Waals surface area contributed by atoms with Crippen LogP contribution in [-0.4, -0.2) is 64.4 Å². The number of hydrogen-bond acceptors (Lipinski definition) is 5. The number of hydrogen-bond donors (Lipinski definition) is 4. The van der Waals surface area contributed by atoms with Gasteiger partial charge in [0.2, 0.25) is 17.7 Å². The average Bonchev–Trinajstić information content (AvgIpc) is 3.52. The Balaban J connectivity index is 1.30. The van der Waals surface area contributed by atoms with Gasteiger partial charge in [0.1, 0.15) is 12.1 Å².